The molecule has 2 aromatic rings. The molecule has 1 amide bonds. The Labute approximate surface area is 103 Å². The molecule has 2 rings (SSSR count). The lowest BCUT2D eigenvalue weighted by Crippen LogP contribution is -2.12. The number of aromatic nitrogens is 1. The molecule has 17 heavy (non-hydrogen) atoms. The Hall–Kier alpha value is -1.66. The predicted molar refractivity (Wildman–Crippen MR) is 64.6 cm³/mol. The molecule has 2 heterocycles. The minimum absolute atomic E-state index is 0.389. The smallest absolute Gasteiger partial charge is 0.249 e. The van der Waals surface area contributed by atoms with Gasteiger partial charge in [0.1, 0.15) is 5.76 Å². The lowest BCUT2D eigenvalue weighted by Gasteiger charge is -1.98. The van der Waals surface area contributed by atoms with E-state index in [1.165, 1.54) is 11.3 Å². The van der Waals surface area contributed by atoms with Crippen LogP contribution in [-0.4, -0.2) is 11.1 Å². The SMILES string of the molecule is Cc1cc(CNCc2cc(C(N)=O)cs2)no1. The molecular weight excluding hydrogens is 238 g/mol. The van der Waals surface area contributed by atoms with Crippen LogP contribution in [0, 0.1) is 6.92 Å². The maximum atomic E-state index is 10.9. The summed E-state index contributed by atoms with van der Waals surface area (Å²) in [4.78, 5) is 12.0. The van der Waals surface area contributed by atoms with Crippen molar-refractivity contribution in [2.24, 2.45) is 5.73 Å². The second-order valence-electron chi connectivity index (χ2n) is 3.70. The van der Waals surface area contributed by atoms with Gasteiger partial charge in [0, 0.05) is 29.4 Å². The van der Waals surface area contributed by atoms with Crippen LogP contribution in [0.15, 0.2) is 22.0 Å². The zero-order chi connectivity index (χ0) is 12.3. The predicted octanol–water partition coefficient (Wildman–Crippen LogP) is 1.43. The van der Waals surface area contributed by atoms with E-state index in [4.69, 9.17) is 10.3 Å². The molecule has 90 valence electrons. The summed E-state index contributed by atoms with van der Waals surface area (Å²) in [7, 11) is 0. The first kappa shape index (κ1) is 11.8. The van der Waals surface area contributed by atoms with Gasteiger partial charge in [0.15, 0.2) is 0 Å². The van der Waals surface area contributed by atoms with Gasteiger partial charge in [0.2, 0.25) is 5.91 Å². The highest BCUT2D eigenvalue weighted by Gasteiger charge is 2.05. The molecule has 0 saturated carbocycles. The normalized spacial score (nSPS) is 10.6. The number of nitrogens with one attached hydrogen (secondary N) is 1. The highest BCUT2D eigenvalue weighted by atomic mass is 32.1. The molecule has 0 fully saturated rings. The summed E-state index contributed by atoms with van der Waals surface area (Å²) >= 11 is 1.51. The Morgan fingerprint density at radius 2 is 2.35 bits per heavy atom. The van der Waals surface area contributed by atoms with Crippen molar-refractivity contribution in [2.75, 3.05) is 0 Å². The van der Waals surface area contributed by atoms with Crippen LogP contribution in [0.25, 0.3) is 0 Å². The van der Waals surface area contributed by atoms with Gasteiger partial charge >= 0.3 is 0 Å². The molecule has 0 unspecified atom stereocenters. The number of carbonyl (C=O) groups is 1. The quantitative estimate of drug-likeness (QED) is 0.842. The average Bonchev–Trinajstić information content (AvgIpc) is 2.88. The average molecular weight is 251 g/mol. The zero-order valence-corrected chi connectivity index (χ0v) is 10.2. The summed E-state index contributed by atoms with van der Waals surface area (Å²) in [5.41, 5.74) is 6.60. The minimum Gasteiger partial charge on any atom is -0.366 e. The molecular formula is C11H13N3O2S. The van der Waals surface area contributed by atoms with Crippen molar-refractivity contribution in [2.45, 2.75) is 20.0 Å². The highest BCUT2D eigenvalue weighted by Crippen LogP contribution is 2.14. The Morgan fingerprint density at radius 3 is 2.94 bits per heavy atom. The highest BCUT2D eigenvalue weighted by molar-refractivity contribution is 7.10. The van der Waals surface area contributed by atoms with Crippen LogP contribution in [-0.2, 0) is 13.1 Å². The number of rotatable bonds is 5. The lowest BCUT2D eigenvalue weighted by atomic mass is 10.3. The van der Waals surface area contributed by atoms with E-state index >= 15 is 0 Å². The Kier molecular flexibility index (Phi) is 3.55. The van der Waals surface area contributed by atoms with Gasteiger partial charge in [-0.1, -0.05) is 5.16 Å². The van der Waals surface area contributed by atoms with E-state index in [1.54, 1.807) is 11.4 Å². The second-order valence-corrected chi connectivity index (χ2v) is 4.69. The first-order valence-electron chi connectivity index (χ1n) is 5.15. The first-order chi connectivity index (χ1) is 8.15. The van der Waals surface area contributed by atoms with Crippen LogP contribution in [0.4, 0.5) is 0 Å². The van der Waals surface area contributed by atoms with Crippen molar-refractivity contribution in [3.05, 3.63) is 39.4 Å². The largest absolute Gasteiger partial charge is 0.366 e. The van der Waals surface area contributed by atoms with Crippen LogP contribution in [0.1, 0.15) is 26.7 Å². The number of carbonyl (C=O) groups excluding carboxylic acids is 1. The van der Waals surface area contributed by atoms with E-state index in [0.29, 0.717) is 18.7 Å². The van der Waals surface area contributed by atoms with E-state index in [0.717, 1.165) is 16.3 Å². The second kappa shape index (κ2) is 5.11. The van der Waals surface area contributed by atoms with Gasteiger partial charge in [-0.15, -0.1) is 11.3 Å². The van der Waals surface area contributed by atoms with E-state index in [2.05, 4.69) is 10.5 Å². The van der Waals surface area contributed by atoms with Crippen LogP contribution in [0.5, 0.6) is 0 Å². The van der Waals surface area contributed by atoms with Crippen molar-refractivity contribution < 1.29 is 9.32 Å². The van der Waals surface area contributed by atoms with Gasteiger partial charge in [-0.25, -0.2) is 0 Å². The van der Waals surface area contributed by atoms with Gasteiger partial charge in [-0.3, -0.25) is 4.79 Å². The summed E-state index contributed by atoms with van der Waals surface area (Å²) in [6.45, 7) is 3.18. The Morgan fingerprint density at radius 1 is 1.53 bits per heavy atom. The molecule has 0 aliphatic heterocycles. The molecule has 5 nitrogen and oxygen atoms in total. The molecule has 0 atom stereocenters. The number of hydrogen-bond donors (Lipinski definition) is 2. The Bertz CT molecular complexity index is 518. The van der Waals surface area contributed by atoms with Gasteiger partial charge < -0.3 is 15.6 Å². The van der Waals surface area contributed by atoms with E-state index in [9.17, 15) is 4.79 Å². The van der Waals surface area contributed by atoms with Gasteiger partial charge in [0.05, 0.1) is 11.3 Å². The third-order valence-corrected chi connectivity index (χ3v) is 3.16. The fraction of sp³-hybridized carbons (Fsp3) is 0.273. The Balaban J connectivity index is 1.83. The molecule has 0 aliphatic rings. The van der Waals surface area contributed by atoms with E-state index in [1.807, 2.05) is 13.0 Å². The number of nitrogens with two attached hydrogens (primary N) is 1. The first-order valence-corrected chi connectivity index (χ1v) is 6.03. The van der Waals surface area contributed by atoms with Gasteiger partial charge in [-0.2, -0.15) is 0 Å². The molecule has 3 N–H and O–H groups in total. The topological polar surface area (TPSA) is 81.1 Å². The summed E-state index contributed by atoms with van der Waals surface area (Å²) in [5.74, 6) is 0.411. The molecule has 0 saturated heterocycles. The molecule has 0 radical (unpaired) electrons. The van der Waals surface area contributed by atoms with Crippen molar-refractivity contribution in [3.8, 4) is 0 Å². The fourth-order valence-corrected chi connectivity index (χ4v) is 2.26. The third-order valence-electron chi connectivity index (χ3n) is 2.22. The summed E-state index contributed by atoms with van der Waals surface area (Å²) in [6.07, 6.45) is 0. The molecule has 6 heteroatoms. The van der Waals surface area contributed by atoms with E-state index in [-0.39, 0.29) is 5.91 Å². The van der Waals surface area contributed by atoms with Crippen LogP contribution >= 0.6 is 11.3 Å². The standard InChI is InChI=1S/C11H13N3O2S/c1-7-2-9(14-16-7)4-13-5-10-3-8(6-17-10)11(12)15/h2-3,6,13H,4-5H2,1H3,(H2,12,15). The van der Waals surface area contributed by atoms with Crippen LogP contribution in [0.2, 0.25) is 0 Å². The number of amides is 1. The summed E-state index contributed by atoms with van der Waals surface area (Å²) in [5, 5.41) is 8.86. The maximum absolute atomic E-state index is 10.9. The molecule has 0 aromatic carbocycles. The number of thiophene rings is 1. The number of primary amides is 1. The van der Waals surface area contributed by atoms with Gasteiger partial charge in [0.25, 0.3) is 0 Å². The van der Waals surface area contributed by atoms with Crippen LogP contribution < -0.4 is 11.1 Å². The number of nitrogens with zero attached hydrogens (tertiary/aromatic N) is 1. The van der Waals surface area contributed by atoms with Crippen molar-refractivity contribution in [3.63, 3.8) is 0 Å². The third kappa shape index (κ3) is 3.15. The van der Waals surface area contributed by atoms with Gasteiger partial charge in [-0.05, 0) is 13.0 Å². The molecule has 0 spiro atoms. The van der Waals surface area contributed by atoms with Crippen molar-refractivity contribution in [1.29, 1.82) is 0 Å². The molecule has 2 aromatic heterocycles. The maximum Gasteiger partial charge on any atom is 0.249 e. The fourth-order valence-electron chi connectivity index (χ4n) is 1.42. The number of aryl methyl sites for hydroxylation is 1. The lowest BCUT2D eigenvalue weighted by molar-refractivity contribution is 0.100. The zero-order valence-electron chi connectivity index (χ0n) is 9.40. The van der Waals surface area contributed by atoms with Crippen molar-refractivity contribution in [1.82, 2.24) is 10.5 Å². The molecule has 0 bridgehead atoms. The summed E-state index contributed by atoms with van der Waals surface area (Å²) in [6, 6.07) is 3.68. The van der Waals surface area contributed by atoms with Crippen molar-refractivity contribution >= 4 is 17.2 Å². The molecule has 0 aliphatic carbocycles. The minimum atomic E-state index is -0.389. The monoisotopic (exact) mass is 251 g/mol. The summed E-state index contributed by atoms with van der Waals surface area (Å²) < 4.78 is 4.95. The van der Waals surface area contributed by atoms with Crippen LogP contribution in [0.3, 0.4) is 0 Å². The van der Waals surface area contributed by atoms with E-state index < -0.39 is 0 Å². The number of hydrogen-bond acceptors (Lipinski definition) is 5.